The number of carbonyl (C=O) groups is 1. The van der Waals surface area contributed by atoms with Crippen LogP contribution in [0.4, 0.5) is 17.1 Å². The third-order valence-electron chi connectivity index (χ3n) is 5.28. The number of thioether (sulfide) groups is 1. The fraction of sp³-hybridized carbons (Fsp3) is 0.435. The Balaban J connectivity index is 1.67. The van der Waals surface area contributed by atoms with Crippen molar-refractivity contribution in [3.8, 4) is 0 Å². The van der Waals surface area contributed by atoms with E-state index in [4.69, 9.17) is 0 Å². The van der Waals surface area contributed by atoms with Gasteiger partial charge in [0.2, 0.25) is 5.91 Å². The van der Waals surface area contributed by atoms with Crippen molar-refractivity contribution in [3.63, 3.8) is 0 Å². The van der Waals surface area contributed by atoms with E-state index in [2.05, 4.69) is 59.7 Å². The summed E-state index contributed by atoms with van der Waals surface area (Å²) in [6, 6.07) is 10.3. The molecule has 28 heavy (non-hydrogen) atoms. The molecule has 0 unspecified atom stereocenters. The Labute approximate surface area is 173 Å². The normalized spacial score (nSPS) is 15.2. The molecule has 0 radical (unpaired) electrons. The summed E-state index contributed by atoms with van der Waals surface area (Å²) in [6.45, 7) is 12.4. The van der Waals surface area contributed by atoms with Gasteiger partial charge in [-0.1, -0.05) is 17.7 Å². The third-order valence-corrected chi connectivity index (χ3v) is 6.22. The van der Waals surface area contributed by atoms with Crippen LogP contribution in [0, 0.1) is 27.7 Å². The molecule has 0 spiro atoms. The smallest absolute Gasteiger partial charge is 0.246 e. The standard InChI is InChI=1S/C23H31N3OS/c1-15-12-17(3)22(18(4)13-15)25-23(27)19(5)24-21-7-6-20(14-16(21)2)26-8-10-28-11-9-26/h6-7,12-14,19,24H,8-11H2,1-5H3,(H,25,27)/t19-/m1/s1. The Bertz CT molecular complexity index is 836. The van der Waals surface area contributed by atoms with Gasteiger partial charge in [0.25, 0.3) is 0 Å². The van der Waals surface area contributed by atoms with E-state index < -0.39 is 0 Å². The minimum Gasteiger partial charge on any atom is -0.374 e. The average Bonchev–Trinajstić information content (AvgIpc) is 2.66. The number of anilines is 3. The van der Waals surface area contributed by atoms with Crippen molar-refractivity contribution in [2.24, 2.45) is 0 Å². The highest BCUT2D eigenvalue weighted by Crippen LogP contribution is 2.26. The molecule has 2 N–H and O–H groups in total. The third kappa shape index (κ3) is 4.82. The van der Waals surface area contributed by atoms with Gasteiger partial charge in [0.15, 0.2) is 0 Å². The lowest BCUT2D eigenvalue weighted by molar-refractivity contribution is -0.116. The molecule has 2 aromatic carbocycles. The summed E-state index contributed by atoms with van der Waals surface area (Å²) in [4.78, 5) is 15.2. The van der Waals surface area contributed by atoms with E-state index in [0.717, 1.165) is 41.2 Å². The molecular weight excluding hydrogens is 366 g/mol. The van der Waals surface area contributed by atoms with E-state index in [1.165, 1.54) is 22.8 Å². The van der Waals surface area contributed by atoms with Crippen LogP contribution >= 0.6 is 11.8 Å². The highest BCUT2D eigenvalue weighted by molar-refractivity contribution is 7.99. The maximum atomic E-state index is 12.7. The van der Waals surface area contributed by atoms with Crippen LogP contribution in [0.25, 0.3) is 0 Å². The van der Waals surface area contributed by atoms with Crippen molar-refractivity contribution >= 4 is 34.7 Å². The number of benzene rings is 2. The first-order valence-corrected chi connectivity index (χ1v) is 11.1. The summed E-state index contributed by atoms with van der Waals surface area (Å²) in [7, 11) is 0. The summed E-state index contributed by atoms with van der Waals surface area (Å²) < 4.78 is 0. The first-order chi connectivity index (χ1) is 13.3. The molecule has 1 fully saturated rings. The minimum absolute atomic E-state index is 0.0217. The quantitative estimate of drug-likeness (QED) is 0.752. The fourth-order valence-electron chi connectivity index (χ4n) is 3.74. The Morgan fingerprint density at radius 1 is 1.00 bits per heavy atom. The first kappa shape index (κ1) is 20.6. The lowest BCUT2D eigenvalue weighted by Crippen LogP contribution is -2.33. The van der Waals surface area contributed by atoms with E-state index in [1.807, 2.05) is 32.5 Å². The fourth-order valence-corrected chi connectivity index (χ4v) is 4.64. The van der Waals surface area contributed by atoms with Gasteiger partial charge in [0, 0.05) is 41.7 Å². The molecule has 1 saturated heterocycles. The highest BCUT2D eigenvalue weighted by atomic mass is 32.2. The second kappa shape index (κ2) is 8.91. The summed E-state index contributed by atoms with van der Waals surface area (Å²) in [5, 5.41) is 6.47. The number of hydrogen-bond donors (Lipinski definition) is 2. The highest BCUT2D eigenvalue weighted by Gasteiger charge is 2.17. The van der Waals surface area contributed by atoms with Gasteiger partial charge in [0.1, 0.15) is 6.04 Å². The molecule has 1 amide bonds. The van der Waals surface area contributed by atoms with Crippen LogP contribution in [0.1, 0.15) is 29.2 Å². The lowest BCUT2D eigenvalue weighted by atomic mass is 10.0. The summed E-state index contributed by atoms with van der Waals surface area (Å²) in [6.07, 6.45) is 0. The monoisotopic (exact) mass is 397 g/mol. The Kier molecular flexibility index (Phi) is 6.55. The second-order valence-corrected chi connectivity index (χ2v) is 8.95. The number of carbonyl (C=O) groups excluding carboxylic acids is 1. The van der Waals surface area contributed by atoms with Gasteiger partial charge >= 0.3 is 0 Å². The number of rotatable bonds is 5. The van der Waals surface area contributed by atoms with Crippen LogP contribution < -0.4 is 15.5 Å². The van der Waals surface area contributed by atoms with Crippen LogP contribution in [-0.4, -0.2) is 36.5 Å². The Morgan fingerprint density at radius 3 is 2.25 bits per heavy atom. The van der Waals surface area contributed by atoms with Crippen molar-refractivity contribution in [1.82, 2.24) is 0 Å². The molecular formula is C23H31N3OS. The molecule has 3 rings (SSSR count). The average molecular weight is 398 g/mol. The lowest BCUT2D eigenvalue weighted by Gasteiger charge is -2.29. The SMILES string of the molecule is Cc1cc(C)c(NC(=O)[C@@H](C)Nc2ccc(N3CCSCC3)cc2C)c(C)c1. The number of nitrogens with one attached hydrogen (secondary N) is 2. The van der Waals surface area contributed by atoms with Crippen molar-refractivity contribution in [3.05, 3.63) is 52.6 Å². The van der Waals surface area contributed by atoms with E-state index in [1.54, 1.807) is 0 Å². The van der Waals surface area contributed by atoms with E-state index in [9.17, 15) is 4.79 Å². The molecule has 0 saturated carbocycles. The van der Waals surface area contributed by atoms with Crippen molar-refractivity contribution < 1.29 is 4.79 Å². The molecule has 150 valence electrons. The van der Waals surface area contributed by atoms with Crippen LogP contribution in [0.2, 0.25) is 0 Å². The predicted octanol–water partition coefficient (Wildman–Crippen LogP) is 4.91. The van der Waals surface area contributed by atoms with E-state index in [-0.39, 0.29) is 11.9 Å². The van der Waals surface area contributed by atoms with Gasteiger partial charge < -0.3 is 15.5 Å². The Morgan fingerprint density at radius 2 is 1.64 bits per heavy atom. The molecule has 1 aliphatic heterocycles. The topological polar surface area (TPSA) is 44.4 Å². The maximum absolute atomic E-state index is 12.7. The van der Waals surface area contributed by atoms with Crippen molar-refractivity contribution in [1.29, 1.82) is 0 Å². The van der Waals surface area contributed by atoms with Gasteiger partial charge in [-0.15, -0.1) is 0 Å². The molecule has 4 nitrogen and oxygen atoms in total. The predicted molar refractivity (Wildman–Crippen MR) is 123 cm³/mol. The first-order valence-electron chi connectivity index (χ1n) is 9.93. The van der Waals surface area contributed by atoms with E-state index >= 15 is 0 Å². The number of hydrogen-bond acceptors (Lipinski definition) is 4. The zero-order valence-corrected chi connectivity index (χ0v) is 18.4. The Hall–Kier alpha value is -2.14. The summed E-state index contributed by atoms with van der Waals surface area (Å²) >= 11 is 2.02. The summed E-state index contributed by atoms with van der Waals surface area (Å²) in [5.74, 6) is 2.36. The van der Waals surface area contributed by atoms with Gasteiger partial charge in [-0.2, -0.15) is 11.8 Å². The largest absolute Gasteiger partial charge is 0.374 e. The molecule has 1 atom stereocenters. The van der Waals surface area contributed by atoms with Crippen LogP contribution in [0.3, 0.4) is 0 Å². The number of aryl methyl sites for hydroxylation is 4. The molecule has 0 aromatic heterocycles. The van der Waals surface area contributed by atoms with Gasteiger partial charge in [-0.25, -0.2) is 0 Å². The maximum Gasteiger partial charge on any atom is 0.246 e. The summed E-state index contributed by atoms with van der Waals surface area (Å²) in [5.41, 5.74) is 7.76. The van der Waals surface area contributed by atoms with Crippen molar-refractivity contribution in [2.75, 3.05) is 40.1 Å². The zero-order valence-electron chi connectivity index (χ0n) is 17.6. The molecule has 0 bridgehead atoms. The minimum atomic E-state index is -0.323. The molecule has 2 aromatic rings. The number of nitrogens with zero attached hydrogens (tertiary/aromatic N) is 1. The van der Waals surface area contributed by atoms with Crippen LogP contribution in [0.15, 0.2) is 30.3 Å². The molecule has 5 heteroatoms. The molecule has 1 heterocycles. The van der Waals surface area contributed by atoms with Crippen LogP contribution in [-0.2, 0) is 4.79 Å². The van der Waals surface area contributed by atoms with Gasteiger partial charge in [0.05, 0.1) is 0 Å². The molecule has 0 aliphatic carbocycles. The van der Waals surface area contributed by atoms with E-state index in [0.29, 0.717) is 0 Å². The van der Waals surface area contributed by atoms with Gasteiger partial charge in [-0.05, 0) is 69.5 Å². The zero-order chi connectivity index (χ0) is 20.3. The van der Waals surface area contributed by atoms with Crippen molar-refractivity contribution in [2.45, 2.75) is 40.7 Å². The van der Waals surface area contributed by atoms with Gasteiger partial charge in [-0.3, -0.25) is 4.79 Å². The second-order valence-electron chi connectivity index (χ2n) is 7.73. The molecule has 1 aliphatic rings. The number of amides is 1. The van der Waals surface area contributed by atoms with Crippen LogP contribution in [0.5, 0.6) is 0 Å².